The Balaban J connectivity index is 1.63. The second kappa shape index (κ2) is 10.2. The number of pyridine rings is 1. The number of halogens is 7. The van der Waals surface area contributed by atoms with Crippen molar-refractivity contribution < 1.29 is 45.1 Å². The number of rotatable bonds is 6. The third-order valence-electron chi connectivity index (χ3n) is 5.01. The predicted octanol–water partition coefficient (Wildman–Crippen LogP) is 4.74. The van der Waals surface area contributed by atoms with Crippen molar-refractivity contribution in [3.63, 3.8) is 0 Å². The maximum Gasteiger partial charge on any atom is 0.573 e. The lowest BCUT2D eigenvalue weighted by molar-refractivity contribution is -0.274. The van der Waals surface area contributed by atoms with Crippen LogP contribution in [-0.2, 0) is 17.5 Å². The lowest BCUT2D eigenvalue weighted by atomic mass is 10.1. The molecule has 204 valence electrons. The Hall–Kier alpha value is -4.76. The fourth-order valence-corrected chi connectivity index (χ4v) is 3.43. The van der Waals surface area contributed by atoms with E-state index in [0.29, 0.717) is 23.8 Å². The Morgan fingerprint density at radius 1 is 1.05 bits per heavy atom. The molecule has 0 unspecified atom stereocenters. The van der Waals surface area contributed by atoms with Crippen LogP contribution in [0.4, 0.5) is 36.6 Å². The molecule has 0 saturated carbocycles. The van der Waals surface area contributed by atoms with Crippen LogP contribution < -0.4 is 15.4 Å². The van der Waals surface area contributed by atoms with Crippen LogP contribution >= 0.6 is 0 Å². The monoisotopic (exact) mass is 556 g/mol. The zero-order valence-corrected chi connectivity index (χ0v) is 19.5. The van der Waals surface area contributed by atoms with E-state index in [1.165, 1.54) is 29.8 Å². The van der Waals surface area contributed by atoms with Gasteiger partial charge in [0.15, 0.2) is 17.2 Å². The summed E-state index contributed by atoms with van der Waals surface area (Å²) in [5.41, 5.74) is -2.56. The van der Waals surface area contributed by atoms with Crippen molar-refractivity contribution in [2.75, 3.05) is 5.32 Å². The number of carbonyl (C=O) groups is 2. The number of ether oxygens (including phenoxy) is 1. The number of benzene rings is 1. The molecule has 0 fully saturated rings. The minimum Gasteiger partial charge on any atom is -0.406 e. The molecule has 0 saturated heterocycles. The highest BCUT2D eigenvalue weighted by Crippen LogP contribution is 2.32. The number of carbonyl (C=O) groups excluding carboxylic acids is 2. The fraction of sp³-hybridized carbons (Fsp3) is 0.174. The van der Waals surface area contributed by atoms with Crippen molar-refractivity contribution >= 4 is 23.3 Å². The summed E-state index contributed by atoms with van der Waals surface area (Å²) >= 11 is 0. The van der Waals surface area contributed by atoms with E-state index in [1.54, 1.807) is 0 Å². The molecule has 39 heavy (non-hydrogen) atoms. The van der Waals surface area contributed by atoms with Gasteiger partial charge in [-0.2, -0.15) is 18.3 Å². The Morgan fingerprint density at radius 2 is 1.79 bits per heavy atom. The topological polar surface area (TPSA) is 111 Å². The molecule has 2 amide bonds. The Bertz CT molecular complexity index is 1570. The highest BCUT2D eigenvalue weighted by molar-refractivity contribution is 5.96. The molecule has 9 nitrogen and oxygen atoms in total. The Kier molecular flexibility index (Phi) is 7.12. The number of amides is 2. The van der Waals surface area contributed by atoms with E-state index >= 15 is 0 Å². The van der Waals surface area contributed by atoms with Gasteiger partial charge in [-0.25, -0.2) is 13.9 Å². The van der Waals surface area contributed by atoms with Crippen LogP contribution in [0.5, 0.6) is 5.75 Å². The van der Waals surface area contributed by atoms with Gasteiger partial charge in [0.1, 0.15) is 11.6 Å². The SMILES string of the molecule is CC(=O)Nc1cn2nc(-c3cnc(C(F)(F)F)c(C(=O)NCc4cc(OC(F)(F)F)ccc4F)c3)ccc2n1. The predicted molar refractivity (Wildman–Crippen MR) is 120 cm³/mol. The Morgan fingerprint density at radius 3 is 2.46 bits per heavy atom. The van der Waals surface area contributed by atoms with Gasteiger partial charge in [-0.15, -0.1) is 13.2 Å². The molecular formula is C23H15F7N6O3. The second-order valence-electron chi connectivity index (χ2n) is 7.93. The van der Waals surface area contributed by atoms with Crippen LogP contribution in [0.2, 0.25) is 0 Å². The van der Waals surface area contributed by atoms with Crippen LogP contribution in [0.25, 0.3) is 16.9 Å². The van der Waals surface area contributed by atoms with Crippen molar-refractivity contribution in [3.8, 4) is 17.0 Å². The highest BCUT2D eigenvalue weighted by Gasteiger charge is 2.37. The molecule has 0 atom stereocenters. The fourth-order valence-electron chi connectivity index (χ4n) is 3.43. The first-order valence-corrected chi connectivity index (χ1v) is 10.7. The van der Waals surface area contributed by atoms with Crippen molar-refractivity contribution in [1.29, 1.82) is 0 Å². The summed E-state index contributed by atoms with van der Waals surface area (Å²) in [6, 6.07) is 5.73. The lowest BCUT2D eigenvalue weighted by Gasteiger charge is -2.14. The molecule has 4 aromatic rings. The number of nitrogens with one attached hydrogen (secondary N) is 2. The van der Waals surface area contributed by atoms with Crippen molar-refractivity contribution in [2.24, 2.45) is 0 Å². The first-order chi connectivity index (χ1) is 18.2. The summed E-state index contributed by atoms with van der Waals surface area (Å²) < 4.78 is 97.2. The molecule has 0 aliphatic carbocycles. The minimum absolute atomic E-state index is 0.00316. The number of hydrogen-bond acceptors (Lipinski definition) is 6. The molecule has 0 bridgehead atoms. The maximum atomic E-state index is 14.1. The van der Waals surface area contributed by atoms with E-state index in [0.717, 1.165) is 12.3 Å². The molecule has 1 aromatic carbocycles. The van der Waals surface area contributed by atoms with Crippen molar-refractivity contribution in [1.82, 2.24) is 24.9 Å². The van der Waals surface area contributed by atoms with E-state index in [2.05, 4.69) is 30.4 Å². The van der Waals surface area contributed by atoms with Gasteiger partial charge < -0.3 is 15.4 Å². The van der Waals surface area contributed by atoms with Gasteiger partial charge in [-0.3, -0.25) is 14.6 Å². The molecule has 3 aromatic heterocycles. The van der Waals surface area contributed by atoms with Crippen LogP contribution in [0.1, 0.15) is 28.5 Å². The molecular weight excluding hydrogens is 541 g/mol. The number of nitrogens with zero attached hydrogens (tertiary/aromatic N) is 4. The largest absolute Gasteiger partial charge is 0.573 e. The minimum atomic E-state index is -5.06. The van der Waals surface area contributed by atoms with E-state index in [9.17, 15) is 40.3 Å². The summed E-state index contributed by atoms with van der Waals surface area (Å²) in [5, 5.41) is 8.72. The van der Waals surface area contributed by atoms with Crippen LogP contribution in [0.15, 0.2) is 48.8 Å². The highest BCUT2D eigenvalue weighted by atomic mass is 19.4. The molecule has 16 heteroatoms. The van der Waals surface area contributed by atoms with Gasteiger partial charge in [0.2, 0.25) is 5.91 Å². The molecule has 0 radical (unpaired) electrons. The number of alkyl halides is 6. The summed E-state index contributed by atoms with van der Waals surface area (Å²) in [5.74, 6) is -3.34. The summed E-state index contributed by atoms with van der Waals surface area (Å²) in [4.78, 5) is 31.5. The summed E-state index contributed by atoms with van der Waals surface area (Å²) in [6.07, 6.45) is -7.91. The number of hydrogen-bond donors (Lipinski definition) is 2. The standard InChI is InChI=1S/C23H15F7N6O3/c1-11(37)33-18-10-36-19(34-18)5-4-17(35-36)13-7-15(20(31-9-13)22(25,26)27)21(38)32-8-12-6-14(2-3-16(12)24)39-23(28,29)30/h2-7,9-10H,8H2,1H3,(H,32,38)(H,33,37). The second-order valence-corrected chi connectivity index (χ2v) is 7.93. The van der Waals surface area contributed by atoms with Crippen LogP contribution in [-0.4, -0.2) is 37.8 Å². The van der Waals surface area contributed by atoms with E-state index < -0.39 is 53.4 Å². The zero-order chi connectivity index (χ0) is 28.5. The molecule has 0 spiro atoms. The quantitative estimate of drug-likeness (QED) is 0.332. The normalized spacial score (nSPS) is 11.9. The molecule has 0 aliphatic heterocycles. The molecule has 3 heterocycles. The number of aromatic nitrogens is 4. The maximum absolute atomic E-state index is 14.1. The van der Waals surface area contributed by atoms with Gasteiger partial charge >= 0.3 is 12.5 Å². The average Bonchev–Trinajstić information content (AvgIpc) is 3.23. The third-order valence-corrected chi connectivity index (χ3v) is 5.01. The van der Waals surface area contributed by atoms with Crippen LogP contribution in [0.3, 0.4) is 0 Å². The van der Waals surface area contributed by atoms with Crippen LogP contribution in [0, 0.1) is 5.82 Å². The van der Waals surface area contributed by atoms with Gasteiger partial charge in [0.25, 0.3) is 5.91 Å². The van der Waals surface area contributed by atoms with Gasteiger partial charge in [0, 0.05) is 30.8 Å². The number of fused-ring (bicyclic) bond motifs is 1. The van der Waals surface area contributed by atoms with E-state index in [-0.39, 0.29) is 23.0 Å². The molecule has 0 aliphatic rings. The summed E-state index contributed by atoms with van der Waals surface area (Å²) in [7, 11) is 0. The average molecular weight is 556 g/mol. The lowest BCUT2D eigenvalue weighted by Crippen LogP contribution is -2.27. The zero-order valence-electron chi connectivity index (χ0n) is 19.5. The van der Waals surface area contributed by atoms with Gasteiger partial charge in [-0.05, 0) is 36.4 Å². The number of anilines is 1. The first kappa shape index (κ1) is 27.3. The van der Waals surface area contributed by atoms with Gasteiger partial charge in [-0.1, -0.05) is 0 Å². The molecule has 2 N–H and O–H groups in total. The van der Waals surface area contributed by atoms with Gasteiger partial charge in [0.05, 0.1) is 17.5 Å². The Labute approximate surface area is 213 Å². The number of imidazole rings is 1. The van der Waals surface area contributed by atoms with E-state index in [4.69, 9.17) is 0 Å². The first-order valence-electron chi connectivity index (χ1n) is 10.7. The summed E-state index contributed by atoms with van der Waals surface area (Å²) in [6.45, 7) is 0.511. The molecule has 4 rings (SSSR count). The smallest absolute Gasteiger partial charge is 0.406 e. The third kappa shape index (κ3) is 6.58. The van der Waals surface area contributed by atoms with Crippen molar-refractivity contribution in [3.05, 3.63) is 71.4 Å². The van der Waals surface area contributed by atoms with E-state index in [1.807, 2.05) is 0 Å². The van der Waals surface area contributed by atoms with Crippen molar-refractivity contribution in [2.45, 2.75) is 26.0 Å².